The zero-order valence-corrected chi connectivity index (χ0v) is 9.74. The molecule has 0 saturated heterocycles. The molecule has 15 heavy (non-hydrogen) atoms. The highest BCUT2D eigenvalue weighted by Crippen LogP contribution is 2.23. The van der Waals surface area contributed by atoms with Gasteiger partial charge in [0.25, 0.3) is 10.1 Å². The summed E-state index contributed by atoms with van der Waals surface area (Å²) >= 11 is 0. The fourth-order valence-corrected chi connectivity index (χ4v) is 2.45. The van der Waals surface area contributed by atoms with Crippen LogP contribution >= 0.6 is 0 Å². The van der Waals surface area contributed by atoms with Crippen molar-refractivity contribution in [3.05, 3.63) is 18.2 Å². The van der Waals surface area contributed by atoms with Crippen molar-refractivity contribution >= 4 is 10.1 Å². The quantitative estimate of drug-likeness (QED) is 0.783. The molecule has 1 unspecified atom stereocenters. The molecule has 0 aromatic carbocycles. The van der Waals surface area contributed by atoms with Crippen LogP contribution in [0.5, 0.6) is 0 Å². The number of aromatic nitrogens is 2. The van der Waals surface area contributed by atoms with Crippen molar-refractivity contribution in [2.75, 3.05) is 0 Å². The minimum atomic E-state index is -4.06. The molecule has 0 aliphatic carbocycles. The van der Waals surface area contributed by atoms with E-state index < -0.39 is 15.4 Å². The number of rotatable bonds is 5. The highest BCUT2D eigenvalue weighted by molar-refractivity contribution is 7.86. The Balaban J connectivity index is 3.07. The van der Waals surface area contributed by atoms with Gasteiger partial charge in [-0.1, -0.05) is 13.8 Å². The van der Waals surface area contributed by atoms with E-state index in [9.17, 15) is 8.42 Å². The minimum Gasteiger partial charge on any atom is -0.334 e. The summed E-state index contributed by atoms with van der Waals surface area (Å²) in [4.78, 5) is 4.00. The van der Waals surface area contributed by atoms with Crippen molar-refractivity contribution in [2.45, 2.75) is 38.5 Å². The molecule has 0 aliphatic rings. The second kappa shape index (κ2) is 4.76. The van der Waals surface area contributed by atoms with Crippen LogP contribution in [0.2, 0.25) is 0 Å². The SMILES string of the molecule is CCCn1ccnc1C(CC)S(=O)(=O)O. The summed E-state index contributed by atoms with van der Waals surface area (Å²) in [6.45, 7) is 4.42. The number of imidazole rings is 1. The first-order chi connectivity index (χ1) is 7.00. The van der Waals surface area contributed by atoms with Crippen LogP contribution in [-0.4, -0.2) is 22.5 Å². The molecule has 1 heterocycles. The fourth-order valence-electron chi connectivity index (χ4n) is 1.57. The minimum absolute atomic E-state index is 0.319. The number of hydrogen-bond donors (Lipinski definition) is 1. The summed E-state index contributed by atoms with van der Waals surface area (Å²) in [6.07, 6.45) is 4.50. The van der Waals surface area contributed by atoms with E-state index in [1.807, 2.05) is 6.92 Å². The topological polar surface area (TPSA) is 72.2 Å². The van der Waals surface area contributed by atoms with E-state index >= 15 is 0 Å². The van der Waals surface area contributed by atoms with Crippen molar-refractivity contribution in [1.29, 1.82) is 0 Å². The molecular weight excluding hydrogens is 216 g/mol. The largest absolute Gasteiger partial charge is 0.334 e. The molecule has 0 fully saturated rings. The second-order valence-electron chi connectivity index (χ2n) is 3.39. The molecule has 86 valence electrons. The lowest BCUT2D eigenvalue weighted by atomic mass is 10.3. The van der Waals surface area contributed by atoms with Gasteiger partial charge in [0.1, 0.15) is 11.1 Å². The van der Waals surface area contributed by atoms with Crippen molar-refractivity contribution in [1.82, 2.24) is 9.55 Å². The summed E-state index contributed by atoms with van der Waals surface area (Å²) in [6, 6.07) is 0. The van der Waals surface area contributed by atoms with Crippen LogP contribution in [0.15, 0.2) is 12.4 Å². The highest BCUT2D eigenvalue weighted by Gasteiger charge is 2.27. The van der Waals surface area contributed by atoms with Gasteiger partial charge in [-0.05, 0) is 12.8 Å². The van der Waals surface area contributed by atoms with Gasteiger partial charge in [-0.15, -0.1) is 0 Å². The number of aryl methyl sites for hydroxylation is 1. The Labute approximate surface area is 89.9 Å². The van der Waals surface area contributed by atoms with Gasteiger partial charge in [0.05, 0.1) is 0 Å². The van der Waals surface area contributed by atoms with E-state index in [0.717, 1.165) is 6.42 Å². The van der Waals surface area contributed by atoms with Gasteiger partial charge in [0.15, 0.2) is 0 Å². The average molecular weight is 232 g/mol. The second-order valence-corrected chi connectivity index (χ2v) is 4.99. The summed E-state index contributed by atoms with van der Waals surface area (Å²) in [5, 5.41) is -0.918. The Hall–Kier alpha value is -0.880. The maximum Gasteiger partial charge on any atom is 0.275 e. The van der Waals surface area contributed by atoms with Gasteiger partial charge in [-0.25, -0.2) is 4.98 Å². The normalized spacial score (nSPS) is 14.1. The lowest BCUT2D eigenvalue weighted by Crippen LogP contribution is -2.16. The van der Waals surface area contributed by atoms with Gasteiger partial charge >= 0.3 is 0 Å². The molecule has 0 bridgehead atoms. The van der Waals surface area contributed by atoms with Crippen LogP contribution in [0.25, 0.3) is 0 Å². The summed E-state index contributed by atoms with van der Waals surface area (Å²) in [5.41, 5.74) is 0. The number of hydrogen-bond acceptors (Lipinski definition) is 3. The summed E-state index contributed by atoms with van der Waals surface area (Å²) < 4.78 is 33.1. The fraction of sp³-hybridized carbons (Fsp3) is 0.667. The zero-order valence-electron chi connectivity index (χ0n) is 8.92. The van der Waals surface area contributed by atoms with Crippen molar-refractivity contribution < 1.29 is 13.0 Å². The van der Waals surface area contributed by atoms with Crippen LogP contribution in [0.3, 0.4) is 0 Å². The average Bonchev–Trinajstić information content (AvgIpc) is 2.53. The Morgan fingerprint density at radius 1 is 1.53 bits per heavy atom. The van der Waals surface area contributed by atoms with Gasteiger partial charge < -0.3 is 4.57 Å². The Bertz CT molecular complexity index is 411. The van der Waals surface area contributed by atoms with E-state index in [-0.39, 0.29) is 0 Å². The monoisotopic (exact) mass is 232 g/mol. The van der Waals surface area contributed by atoms with Crippen molar-refractivity contribution in [3.63, 3.8) is 0 Å². The molecule has 0 saturated carbocycles. The first kappa shape index (κ1) is 12.2. The Morgan fingerprint density at radius 3 is 2.67 bits per heavy atom. The number of nitrogens with zero attached hydrogens (tertiary/aromatic N) is 2. The van der Waals surface area contributed by atoms with Gasteiger partial charge in [0.2, 0.25) is 0 Å². The van der Waals surface area contributed by atoms with Crippen LogP contribution in [0.1, 0.15) is 37.8 Å². The van der Waals surface area contributed by atoms with Crippen LogP contribution in [0.4, 0.5) is 0 Å². The van der Waals surface area contributed by atoms with Gasteiger partial charge in [-0.3, -0.25) is 4.55 Å². The molecule has 6 heteroatoms. The molecule has 0 amide bonds. The van der Waals surface area contributed by atoms with Crippen molar-refractivity contribution in [3.8, 4) is 0 Å². The molecule has 1 rings (SSSR count). The van der Waals surface area contributed by atoms with Crippen LogP contribution in [0, 0.1) is 0 Å². The van der Waals surface area contributed by atoms with Gasteiger partial charge in [-0.2, -0.15) is 8.42 Å². The third-order valence-electron chi connectivity index (χ3n) is 2.23. The molecule has 1 aromatic heterocycles. The van der Waals surface area contributed by atoms with E-state index in [0.29, 0.717) is 18.8 Å². The maximum atomic E-state index is 11.1. The van der Waals surface area contributed by atoms with Crippen molar-refractivity contribution in [2.24, 2.45) is 0 Å². The van der Waals surface area contributed by atoms with Crippen LogP contribution in [-0.2, 0) is 16.7 Å². The molecule has 1 atom stereocenters. The van der Waals surface area contributed by atoms with Crippen LogP contribution < -0.4 is 0 Å². The lowest BCUT2D eigenvalue weighted by Gasteiger charge is -2.13. The Kier molecular flexibility index (Phi) is 3.87. The lowest BCUT2D eigenvalue weighted by molar-refractivity contribution is 0.459. The highest BCUT2D eigenvalue weighted by atomic mass is 32.2. The van der Waals surface area contributed by atoms with E-state index in [1.54, 1.807) is 23.9 Å². The predicted molar refractivity (Wildman–Crippen MR) is 57.1 cm³/mol. The smallest absolute Gasteiger partial charge is 0.275 e. The van der Waals surface area contributed by atoms with E-state index in [1.165, 1.54) is 0 Å². The predicted octanol–water partition coefficient (Wildman–Crippen LogP) is 1.63. The molecule has 1 aromatic rings. The summed E-state index contributed by atoms with van der Waals surface area (Å²) in [5.74, 6) is 0.418. The maximum absolute atomic E-state index is 11.1. The van der Waals surface area contributed by atoms with E-state index in [2.05, 4.69) is 4.98 Å². The third kappa shape index (κ3) is 2.79. The first-order valence-electron chi connectivity index (χ1n) is 4.98. The molecule has 1 N–H and O–H groups in total. The Morgan fingerprint density at radius 2 is 2.20 bits per heavy atom. The summed E-state index contributed by atoms with van der Waals surface area (Å²) in [7, 11) is -4.06. The standard InChI is InChI=1S/C9H16N2O3S/c1-3-6-11-7-5-10-9(11)8(4-2)15(12,13)14/h5,7-8H,3-4,6H2,1-2H3,(H,12,13,14). The zero-order chi connectivity index (χ0) is 11.5. The first-order valence-corrected chi connectivity index (χ1v) is 6.48. The van der Waals surface area contributed by atoms with E-state index in [4.69, 9.17) is 4.55 Å². The molecule has 0 spiro atoms. The molecule has 0 aliphatic heterocycles. The van der Waals surface area contributed by atoms with Gasteiger partial charge in [0, 0.05) is 18.9 Å². The molecular formula is C9H16N2O3S. The molecule has 0 radical (unpaired) electrons. The molecule has 5 nitrogen and oxygen atoms in total. The third-order valence-corrected chi connectivity index (χ3v) is 3.49.